The fraction of sp³-hybridized carbons (Fsp3) is 0.500. The molecular formula is C22H28N4O6S. The van der Waals surface area contributed by atoms with E-state index in [0.29, 0.717) is 5.69 Å². The number of aromatic nitrogens is 3. The molecule has 1 aromatic heterocycles. The Hall–Kier alpha value is -2.92. The molecule has 0 radical (unpaired) electrons. The Morgan fingerprint density at radius 2 is 1.85 bits per heavy atom. The maximum absolute atomic E-state index is 11.9. The zero-order chi connectivity index (χ0) is 24.1. The molecule has 1 saturated heterocycles. The number of nitrogens with zero attached hydrogens (tertiary/aromatic N) is 3. The van der Waals surface area contributed by atoms with E-state index in [1.807, 2.05) is 30.5 Å². The van der Waals surface area contributed by atoms with Gasteiger partial charge in [-0.1, -0.05) is 17.3 Å². The summed E-state index contributed by atoms with van der Waals surface area (Å²) in [6.07, 6.45) is 0.693. The summed E-state index contributed by atoms with van der Waals surface area (Å²) < 4.78 is 18.7. The van der Waals surface area contributed by atoms with Crippen LogP contribution in [0, 0.1) is 0 Å². The van der Waals surface area contributed by atoms with Gasteiger partial charge in [-0.2, -0.15) is 0 Å². The molecule has 1 aliphatic rings. The molecule has 0 saturated carbocycles. The Balaban J connectivity index is 1.87. The zero-order valence-corrected chi connectivity index (χ0v) is 20.0. The number of nitrogens with one attached hydrogen (secondary N) is 1. The van der Waals surface area contributed by atoms with Gasteiger partial charge in [-0.15, -0.1) is 16.9 Å². The van der Waals surface area contributed by atoms with Crippen LogP contribution in [0.2, 0.25) is 0 Å². The Bertz CT molecular complexity index is 1010. The molecule has 2 aromatic rings. The van der Waals surface area contributed by atoms with E-state index >= 15 is 0 Å². The molecule has 11 heteroatoms. The molecule has 0 spiro atoms. The number of carbonyl (C=O) groups excluding carboxylic acids is 3. The minimum atomic E-state index is -0.952. The summed E-state index contributed by atoms with van der Waals surface area (Å²) >= 11 is 1.63. The first kappa shape index (κ1) is 24.7. The molecule has 5 atom stereocenters. The standard InChI is InChI=1S/C22H28N4O6S/c1-12-20(23-13(2)27)22(32-15(4)29)21(31-14(3)28)19(30-12)11-26-10-18(24-25-26)16-7-6-8-17(9-16)33-5/h6-10,12,19-22H,11H2,1-5H3,(H,23,27). The second kappa shape index (κ2) is 10.8. The number of carbonyl (C=O) groups is 3. The topological polar surface area (TPSA) is 122 Å². The van der Waals surface area contributed by atoms with E-state index in [9.17, 15) is 14.4 Å². The van der Waals surface area contributed by atoms with Crippen molar-refractivity contribution in [3.8, 4) is 11.3 Å². The predicted molar refractivity (Wildman–Crippen MR) is 120 cm³/mol. The third kappa shape index (κ3) is 6.32. The number of thioether (sulfide) groups is 1. The lowest BCUT2D eigenvalue weighted by atomic mass is 9.92. The lowest BCUT2D eigenvalue weighted by Crippen LogP contribution is -2.65. The molecule has 5 unspecified atom stereocenters. The normalized spacial score (nSPS) is 24.7. The first-order valence-corrected chi connectivity index (χ1v) is 11.7. The lowest BCUT2D eigenvalue weighted by Gasteiger charge is -2.44. The molecular weight excluding hydrogens is 448 g/mol. The third-order valence-electron chi connectivity index (χ3n) is 5.18. The molecule has 0 bridgehead atoms. The molecule has 1 aliphatic heterocycles. The second-order valence-electron chi connectivity index (χ2n) is 7.81. The monoisotopic (exact) mass is 476 g/mol. The van der Waals surface area contributed by atoms with Crippen molar-refractivity contribution in [2.75, 3.05) is 6.26 Å². The van der Waals surface area contributed by atoms with Crippen LogP contribution in [-0.4, -0.2) is 69.6 Å². The first-order valence-electron chi connectivity index (χ1n) is 10.5. The molecule has 178 valence electrons. The Morgan fingerprint density at radius 3 is 2.48 bits per heavy atom. The molecule has 2 heterocycles. The van der Waals surface area contributed by atoms with Crippen molar-refractivity contribution in [3.63, 3.8) is 0 Å². The van der Waals surface area contributed by atoms with Crippen molar-refractivity contribution in [2.24, 2.45) is 0 Å². The molecule has 3 rings (SSSR count). The fourth-order valence-electron chi connectivity index (χ4n) is 3.86. The highest BCUT2D eigenvalue weighted by molar-refractivity contribution is 7.98. The maximum Gasteiger partial charge on any atom is 0.303 e. The number of rotatable bonds is 7. The summed E-state index contributed by atoms with van der Waals surface area (Å²) in [4.78, 5) is 36.5. The Morgan fingerprint density at radius 1 is 1.15 bits per heavy atom. The van der Waals surface area contributed by atoms with Crippen LogP contribution in [0.3, 0.4) is 0 Å². The quantitative estimate of drug-likeness (QED) is 0.471. The van der Waals surface area contributed by atoms with Crippen LogP contribution in [0.5, 0.6) is 0 Å². The van der Waals surface area contributed by atoms with E-state index in [1.165, 1.54) is 20.8 Å². The van der Waals surface area contributed by atoms with Crippen molar-refractivity contribution < 1.29 is 28.6 Å². The van der Waals surface area contributed by atoms with Crippen LogP contribution >= 0.6 is 11.8 Å². The minimum Gasteiger partial charge on any atom is -0.456 e. The molecule has 1 fully saturated rings. The van der Waals surface area contributed by atoms with Crippen LogP contribution in [-0.2, 0) is 35.1 Å². The van der Waals surface area contributed by atoms with Gasteiger partial charge in [-0.25, -0.2) is 4.68 Å². The van der Waals surface area contributed by atoms with Crippen molar-refractivity contribution in [1.82, 2.24) is 20.3 Å². The van der Waals surface area contributed by atoms with Gasteiger partial charge in [-0.05, 0) is 25.3 Å². The van der Waals surface area contributed by atoms with E-state index in [2.05, 4.69) is 15.6 Å². The lowest BCUT2D eigenvalue weighted by molar-refractivity contribution is -0.215. The molecule has 1 N–H and O–H groups in total. The molecule has 33 heavy (non-hydrogen) atoms. The smallest absolute Gasteiger partial charge is 0.303 e. The second-order valence-corrected chi connectivity index (χ2v) is 8.69. The van der Waals surface area contributed by atoms with Crippen molar-refractivity contribution >= 4 is 29.6 Å². The third-order valence-corrected chi connectivity index (χ3v) is 5.91. The molecule has 10 nitrogen and oxygen atoms in total. The number of amides is 1. The summed E-state index contributed by atoms with van der Waals surface area (Å²) in [6.45, 7) is 5.83. The average Bonchev–Trinajstić information content (AvgIpc) is 3.21. The van der Waals surface area contributed by atoms with Crippen LogP contribution in [0.15, 0.2) is 35.4 Å². The first-order chi connectivity index (χ1) is 15.7. The van der Waals surface area contributed by atoms with Gasteiger partial charge in [0.2, 0.25) is 5.91 Å². The van der Waals surface area contributed by atoms with Gasteiger partial charge in [0.25, 0.3) is 0 Å². The maximum atomic E-state index is 11.9. The highest BCUT2D eigenvalue weighted by Gasteiger charge is 2.49. The number of hydrogen-bond donors (Lipinski definition) is 1. The van der Waals surface area contributed by atoms with Crippen molar-refractivity contribution in [3.05, 3.63) is 30.5 Å². The average molecular weight is 477 g/mol. The molecule has 1 amide bonds. The minimum absolute atomic E-state index is 0.196. The summed E-state index contributed by atoms with van der Waals surface area (Å²) in [5.74, 6) is -1.44. The molecule has 1 aromatic carbocycles. The van der Waals surface area contributed by atoms with Gasteiger partial charge in [0, 0.05) is 31.2 Å². The van der Waals surface area contributed by atoms with Crippen LogP contribution < -0.4 is 5.32 Å². The molecule has 0 aliphatic carbocycles. The van der Waals surface area contributed by atoms with Gasteiger partial charge in [0.15, 0.2) is 12.2 Å². The SMILES string of the molecule is CSc1cccc(-c2cn(CC3OC(C)C(NC(C)=O)C(OC(C)=O)C3OC(C)=O)nn2)c1. The van der Waals surface area contributed by atoms with Gasteiger partial charge in [-0.3, -0.25) is 14.4 Å². The summed E-state index contributed by atoms with van der Waals surface area (Å²) in [7, 11) is 0. The number of benzene rings is 1. The Labute approximate surface area is 196 Å². The number of esters is 2. The summed E-state index contributed by atoms with van der Waals surface area (Å²) in [6, 6.07) is 7.25. The van der Waals surface area contributed by atoms with E-state index < -0.39 is 42.4 Å². The van der Waals surface area contributed by atoms with Crippen LogP contribution in [0.25, 0.3) is 11.3 Å². The van der Waals surface area contributed by atoms with Crippen molar-refractivity contribution in [1.29, 1.82) is 0 Å². The van der Waals surface area contributed by atoms with Gasteiger partial charge >= 0.3 is 11.9 Å². The number of hydrogen-bond acceptors (Lipinski definition) is 9. The summed E-state index contributed by atoms with van der Waals surface area (Å²) in [5, 5.41) is 11.2. The van der Waals surface area contributed by atoms with Crippen molar-refractivity contribution in [2.45, 2.75) is 69.6 Å². The number of ether oxygens (including phenoxy) is 3. The largest absolute Gasteiger partial charge is 0.456 e. The van der Waals surface area contributed by atoms with E-state index in [-0.39, 0.29) is 12.5 Å². The van der Waals surface area contributed by atoms with Crippen LogP contribution in [0.1, 0.15) is 27.7 Å². The van der Waals surface area contributed by atoms with Gasteiger partial charge < -0.3 is 19.5 Å². The summed E-state index contributed by atoms with van der Waals surface area (Å²) in [5.41, 5.74) is 1.61. The fourth-order valence-corrected chi connectivity index (χ4v) is 4.31. The van der Waals surface area contributed by atoms with E-state index in [1.54, 1.807) is 29.6 Å². The van der Waals surface area contributed by atoms with Gasteiger partial charge in [0.1, 0.15) is 11.8 Å². The van der Waals surface area contributed by atoms with Gasteiger partial charge in [0.05, 0.1) is 24.9 Å². The highest BCUT2D eigenvalue weighted by atomic mass is 32.2. The zero-order valence-electron chi connectivity index (χ0n) is 19.2. The van der Waals surface area contributed by atoms with E-state index in [4.69, 9.17) is 14.2 Å². The highest BCUT2D eigenvalue weighted by Crippen LogP contribution is 2.28. The van der Waals surface area contributed by atoms with Crippen LogP contribution in [0.4, 0.5) is 0 Å². The Kier molecular flexibility index (Phi) is 8.09. The predicted octanol–water partition coefficient (Wildman–Crippen LogP) is 1.82. The van der Waals surface area contributed by atoms with E-state index in [0.717, 1.165) is 10.5 Å².